The lowest BCUT2D eigenvalue weighted by molar-refractivity contribution is -0.118. The molecule has 3 N–H and O–H groups in total. The van der Waals surface area contributed by atoms with Crippen LogP contribution in [0.1, 0.15) is 46.5 Å². The van der Waals surface area contributed by atoms with Crippen molar-refractivity contribution in [1.82, 2.24) is 5.32 Å². The van der Waals surface area contributed by atoms with E-state index in [2.05, 4.69) is 22.9 Å². The second kappa shape index (κ2) is 9.56. The number of carbonyl (C=O) groups is 2. The molecule has 0 aliphatic carbocycles. The molecule has 138 valence electrons. The van der Waals surface area contributed by atoms with Crippen LogP contribution in [0.5, 0.6) is 0 Å². The number of hydrogen-bond donors (Lipinski definition) is 3. The number of piperidine rings is 1. The van der Waals surface area contributed by atoms with Gasteiger partial charge in [0, 0.05) is 24.2 Å². The number of anilines is 2. The third-order valence-corrected chi connectivity index (χ3v) is 4.74. The summed E-state index contributed by atoms with van der Waals surface area (Å²) in [5, 5.41) is 9.19. The molecule has 25 heavy (non-hydrogen) atoms. The molecule has 0 saturated carbocycles. The van der Waals surface area contributed by atoms with Crippen molar-refractivity contribution in [2.24, 2.45) is 17.8 Å². The lowest BCUT2D eigenvalue weighted by atomic mass is 9.84. The Kier molecular flexibility index (Phi) is 7.44. The van der Waals surface area contributed by atoms with E-state index in [-0.39, 0.29) is 11.8 Å². The summed E-state index contributed by atoms with van der Waals surface area (Å²) < 4.78 is 0. The van der Waals surface area contributed by atoms with Gasteiger partial charge in [-0.2, -0.15) is 0 Å². The molecule has 1 unspecified atom stereocenters. The molecular weight excluding hydrogens is 314 g/mol. The van der Waals surface area contributed by atoms with E-state index in [0.717, 1.165) is 37.3 Å². The van der Waals surface area contributed by atoms with Gasteiger partial charge in [0.2, 0.25) is 11.8 Å². The Morgan fingerprint density at radius 2 is 1.44 bits per heavy atom. The summed E-state index contributed by atoms with van der Waals surface area (Å²) in [6, 6.07) is 7.31. The van der Waals surface area contributed by atoms with E-state index in [1.165, 1.54) is 0 Å². The third kappa shape index (κ3) is 6.86. The smallest absolute Gasteiger partial charge is 0.224 e. The van der Waals surface area contributed by atoms with Gasteiger partial charge < -0.3 is 16.0 Å². The Bertz CT molecular complexity index is 563. The van der Waals surface area contributed by atoms with Crippen LogP contribution < -0.4 is 16.0 Å². The van der Waals surface area contributed by atoms with Crippen molar-refractivity contribution in [2.45, 2.75) is 46.5 Å². The fourth-order valence-electron chi connectivity index (χ4n) is 3.30. The Balaban J connectivity index is 1.79. The van der Waals surface area contributed by atoms with Crippen LogP contribution in [0.3, 0.4) is 0 Å². The fraction of sp³-hybridized carbons (Fsp3) is 0.600. The van der Waals surface area contributed by atoms with Crippen molar-refractivity contribution in [2.75, 3.05) is 23.7 Å². The SMILES string of the molecule is CC(C)CC(=O)Nc1ccc(NC(=O)CC(C)C2CCNCC2)cc1. The van der Waals surface area contributed by atoms with Gasteiger partial charge in [-0.3, -0.25) is 9.59 Å². The predicted octanol–water partition coefficient (Wildman–Crippen LogP) is 3.64. The quantitative estimate of drug-likeness (QED) is 0.707. The van der Waals surface area contributed by atoms with Gasteiger partial charge in [0.25, 0.3) is 0 Å². The molecule has 1 fully saturated rings. The summed E-state index contributed by atoms with van der Waals surface area (Å²) in [6.07, 6.45) is 3.36. The standard InChI is InChI=1S/C20H31N3O2/c1-14(2)12-19(24)22-17-4-6-18(7-5-17)23-20(25)13-15(3)16-8-10-21-11-9-16/h4-7,14-16,21H,8-13H2,1-3H3,(H,22,24)(H,23,25). The largest absolute Gasteiger partial charge is 0.326 e. The molecule has 1 heterocycles. The molecule has 2 rings (SSSR count). The van der Waals surface area contributed by atoms with E-state index < -0.39 is 0 Å². The fourth-order valence-corrected chi connectivity index (χ4v) is 3.30. The average molecular weight is 345 g/mol. The molecule has 1 aliphatic heterocycles. The molecular formula is C20H31N3O2. The van der Waals surface area contributed by atoms with Crippen LogP contribution in [-0.4, -0.2) is 24.9 Å². The zero-order valence-corrected chi connectivity index (χ0v) is 15.6. The van der Waals surface area contributed by atoms with Crippen molar-refractivity contribution in [3.05, 3.63) is 24.3 Å². The van der Waals surface area contributed by atoms with Gasteiger partial charge in [-0.15, -0.1) is 0 Å². The van der Waals surface area contributed by atoms with Gasteiger partial charge in [0.1, 0.15) is 0 Å². The van der Waals surface area contributed by atoms with Crippen LogP contribution in [0.25, 0.3) is 0 Å². The molecule has 1 saturated heterocycles. The normalized spacial score (nSPS) is 16.5. The molecule has 1 atom stereocenters. The number of hydrogen-bond acceptors (Lipinski definition) is 3. The maximum Gasteiger partial charge on any atom is 0.224 e. The van der Waals surface area contributed by atoms with Gasteiger partial charge in [0.05, 0.1) is 0 Å². The van der Waals surface area contributed by atoms with Crippen molar-refractivity contribution < 1.29 is 9.59 Å². The van der Waals surface area contributed by atoms with Crippen LogP contribution in [0.4, 0.5) is 11.4 Å². The minimum absolute atomic E-state index is 0.0163. The van der Waals surface area contributed by atoms with Gasteiger partial charge in [-0.25, -0.2) is 0 Å². The van der Waals surface area contributed by atoms with E-state index in [9.17, 15) is 9.59 Å². The summed E-state index contributed by atoms with van der Waals surface area (Å²) in [4.78, 5) is 24.0. The third-order valence-electron chi connectivity index (χ3n) is 4.74. The molecule has 0 radical (unpaired) electrons. The van der Waals surface area contributed by atoms with Crippen LogP contribution >= 0.6 is 0 Å². The van der Waals surface area contributed by atoms with E-state index in [1.807, 2.05) is 38.1 Å². The number of rotatable bonds is 7. The van der Waals surface area contributed by atoms with E-state index in [4.69, 9.17) is 0 Å². The van der Waals surface area contributed by atoms with Gasteiger partial charge >= 0.3 is 0 Å². The molecule has 0 bridgehead atoms. The van der Waals surface area contributed by atoms with Crippen molar-refractivity contribution in [3.63, 3.8) is 0 Å². The minimum atomic E-state index is 0.0163. The van der Waals surface area contributed by atoms with Crippen LogP contribution in [0.2, 0.25) is 0 Å². The predicted molar refractivity (Wildman–Crippen MR) is 103 cm³/mol. The molecule has 1 aromatic rings. The highest BCUT2D eigenvalue weighted by Gasteiger charge is 2.22. The maximum absolute atomic E-state index is 12.3. The van der Waals surface area contributed by atoms with Gasteiger partial charge in [-0.05, 0) is 68.0 Å². The topological polar surface area (TPSA) is 70.2 Å². The monoisotopic (exact) mass is 345 g/mol. The summed E-state index contributed by atoms with van der Waals surface area (Å²) >= 11 is 0. The zero-order chi connectivity index (χ0) is 18.2. The average Bonchev–Trinajstić information content (AvgIpc) is 2.56. The summed E-state index contributed by atoms with van der Waals surface area (Å²) in [5.41, 5.74) is 1.52. The highest BCUT2D eigenvalue weighted by Crippen LogP contribution is 2.25. The molecule has 1 aromatic carbocycles. The highest BCUT2D eigenvalue weighted by atomic mass is 16.2. The molecule has 5 heteroatoms. The molecule has 1 aliphatic rings. The van der Waals surface area contributed by atoms with Gasteiger partial charge in [0.15, 0.2) is 0 Å². The highest BCUT2D eigenvalue weighted by molar-refractivity contribution is 5.93. The second-order valence-corrected chi connectivity index (χ2v) is 7.54. The number of carbonyl (C=O) groups excluding carboxylic acids is 2. The lowest BCUT2D eigenvalue weighted by Crippen LogP contribution is -2.32. The zero-order valence-electron chi connectivity index (χ0n) is 15.6. The first-order chi connectivity index (χ1) is 11.9. The Morgan fingerprint density at radius 3 is 1.92 bits per heavy atom. The molecule has 5 nitrogen and oxygen atoms in total. The van der Waals surface area contributed by atoms with E-state index >= 15 is 0 Å². The van der Waals surface area contributed by atoms with E-state index in [0.29, 0.717) is 30.6 Å². The summed E-state index contributed by atoms with van der Waals surface area (Å²) in [5.74, 6) is 1.44. The number of benzene rings is 1. The first-order valence-corrected chi connectivity index (χ1v) is 9.34. The van der Waals surface area contributed by atoms with Crippen LogP contribution in [0, 0.1) is 17.8 Å². The Morgan fingerprint density at radius 1 is 0.960 bits per heavy atom. The molecule has 0 aromatic heterocycles. The van der Waals surface area contributed by atoms with Crippen molar-refractivity contribution in [3.8, 4) is 0 Å². The summed E-state index contributed by atoms with van der Waals surface area (Å²) in [6.45, 7) is 8.32. The first kappa shape index (κ1) is 19.4. The first-order valence-electron chi connectivity index (χ1n) is 9.34. The van der Waals surface area contributed by atoms with Crippen LogP contribution in [-0.2, 0) is 9.59 Å². The van der Waals surface area contributed by atoms with Gasteiger partial charge in [-0.1, -0.05) is 20.8 Å². The summed E-state index contributed by atoms with van der Waals surface area (Å²) in [7, 11) is 0. The van der Waals surface area contributed by atoms with Crippen molar-refractivity contribution >= 4 is 23.2 Å². The number of nitrogens with one attached hydrogen (secondary N) is 3. The second-order valence-electron chi connectivity index (χ2n) is 7.54. The molecule has 2 amide bonds. The minimum Gasteiger partial charge on any atom is -0.326 e. The Hall–Kier alpha value is -1.88. The lowest BCUT2D eigenvalue weighted by Gasteiger charge is -2.27. The Labute approximate surface area is 151 Å². The maximum atomic E-state index is 12.3. The van der Waals surface area contributed by atoms with E-state index in [1.54, 1.807) is 0 Å². The number of amides is 2. The van der Waals surface area contributed by atoms with Crippen molar-refractivity contribution in [1.29, 1.82) is 0 Å². The molecule has 0 spiro atoms. The van der Waals surface area contributed by atoms with Crippen LogP contribution in [0.15, 0.2) is 24.3 Å².